The van der Waals surface area contributed by atoms with Gasteiger partial charge in [-0.05, 0) is 39.2 Å². The van der Waals surface area contributed by atoms with Gasteiger partial charge in [0.1, 0.15) is 6.33 Å². The molecule has 3 rings (SSSR count). The Morgan fingerprint density at radius 2 is 2.00 bits per heavy atom. The van der Waals surface area contributed by atoms with Gasteiger partial charge in [0, 0.05) is 32.8 Å². The van der Waals surface area contributed by atoms with Crippen molar-refractivity contribution in [2.75, 3.05) is 45.9 Å². The summed E-state index contributed by atoms with van der Waals surface area (Å²) >= 11 is 0. The van der Waals surface area contributed by atoms with Crippen LogP contribution in [0.5, 0.6) is 0 Å². The number of rotatable bonds is 3. The summed E-state index contributed by atoms with van der Waals surface area (Å²) in [5.74, 6) is 0.732. The van der Waals surface area contributed by atoms with Crippen molar-refractivity contribution < 1.29 is 9.53 Å². The first-order valence-corrected chi connectivity index (χ1v) is 8.52. The van der Waals surface area contributed by atoms with Gasteiger partial charge in [-0.3, -0.25) is 4.79 Å². The fourth-order valence-corrected chi connectivity index (χ4v) is 3.51. The zero-order chi connectivity index (χ0) is 16.2. The number of ether oxygens (including phenoxy) is 1. The first-order chi connectivity index (χ1) is 11.1. The summed E-state index contributed by atoms with van der Waals surface area (Å²) in [4.78, 5) is 25.7. The molecule has 2 fully saturated rings. The number of hydrogen-bond donors (Lipinski definition) is 0. The molecule has 126 valence electrons. The molecule has 23 heavy (non-hydrogen) atoms. The highest BCUT2D eigenvalue weighted by molar-refractivity contribution is 5.96. The highest BCUT2D eigenvalue weighted by atomic mass is 16.5. The fourth-order valence-electron chi connectivity index (χ4n) is 3.51. The first kappa shape index (κ1) is 16.3. The lowest BCUT2D eigenvalue weighted by Crippen LogP contribution is -2.37. The summed E-state index contributed by atoms with van der Waals surface area (Å²) in [5.41, 5.74) is 2.21. The van der Waals surface area contributed by atoms with Crippen molar-refractivity contribution in [3.63, 3.8) is 0 Å². The predicted molar refractivity (Wildman–Crippen MR) is 87.4 cm³/mol. The number of nitrogens with zero attached hydrogens (tertiary/aromatic N) is 4. The van der Waals surface area contributed by atoms with Crippen LogP contribution in [-0.4, -0.2) is 71.6 Å². The van der Waals surface area contributed by atoms with E-state index in [0.717, 1.165) is 63.7 Å². The lowest BCUT2D eigenvalue weighted by molar-refractivity contribution is 0.0757. The molecule has 2 aliphatic rings. The maximum absolute atomic E-state index is 12.9. The van der Waals surface area contributed by atoms with Crippen LogP contribution in [0.15, 0.2) is 6.33 Å². The van der Waals surface area contributed by atoms with Crippen LogP contribution in [0, 0.1) is 19.8 Å². The Morgan fingerprint density at radius 1 is 1.22 bits per heavy atom. The SMILES string of the molecule is Cc1ncnc(C)c1C(=O)N1CCCN(CC2CCOC2)CC1. The highest BCUT2D eigenvalue weighted by Gasteiger charge is 2.25. The number of amides is 1. The lowest BCUT2D eigenvalue weighted by Gasteiger charge is -2.24. The Kier molecular flexibility index (Phi) is 5.23. The molecule has 1 aromatic heterocycles. The minimum atomic E-state index is 0.0756. The van der Waals surface area contributed by atoms with E-state index in [1.54, 1.807) is 0 Å². The minimum Gasteiger partial charge on any atom is -0.381 e. The van der Waals surface area contributed by atoms with E-state index in [4.69, 9.17) is 4.74 Å². The summed E-state index contributed by atoms with van der Waals surface area (Å²) in [6.45, 7) is 10.2. The summed E-state index contributed by atoms with van der Waals surface area (Å²) in [6, 6.07) is 0. The summed E-state index contributed by atoms with van der Waals surface area (Å²) in [7, 11) is 0. The third-order valence-corrected chi connectivity index (χ3v) is 4.86. The molecule has 1 atom stereocenters. The highest BCUT2D eigenvalue weighted by Crippen LogP contribution is 2.17. The van der Waals surface area contributed by atoms with E-state index in [0.29, 0.717) is 11.5 Å². The summed E-state index contributed by atoms with van der Waals surface area (Å²) < 4.78 is 5.47. The monoisotopic (exact) mass is 318 g/mol. The Morgan fingerprint density at radius 3 is 2.70 bits per heavy atom. The molecule has 0 spiro atoms. The van der Waals surface area contributed by atoms with Crippen LogP contribution in [0.2, 0.25) is 0 Å². The molecular formula is C17H26N4O2. The van der Waals surface area contributed by atoms with E-state index in [9.17, 15) is 4.79 Å². The van der Waals surface area contributed by atoms with E-state index >= 15 is 0 Å². The van der Waals surface area contributed by atoms with Gasteiger partial charge in [-0.15, -0.1) is 0 Å². The van der Waals surface area contributed by atoms with E-state index < -0.39 is 0 Å². The molecule has 1 amide bonds. The smallest absolute Gasteiger partial charge is 0.257 e. The number of aryl methyl sites for hydroxylation is 2. The molecule has 6 nitrogen and oxygen atoms in total. The molecular weight excluding hydrogens is 292 g/mol. The largest absolute Gasteiger partial charge is 0.381 e. The van der Waals surface area contributed by atoms with E-state index in [1.807, 2.05) is 18.7 Å². The second-order valence-electron chi connectivity index (χ2n) is 6.60. The van der Waals surface area contributed by atoms with Gasteiger partial charge >= 0.3 is 0 Å². The molecule has 1 unspecified atom stereocenters. The van der Waals surface area contributed by atoms with Gasteiger partial charge in [0.05, 0.1) is 23.6 Å². The second-order valence-corrected chi connectivity index (χ2v) is 6.60. The lowest BCUT2D eigenvalue weighted by atomic mass is 10.1. The van der Waals surface area contributed by atoms with Gasteiger partial charge in [0.25, 0.3) is 5.91 Å². The van der Waals surface area contributed by atoms with E-state index in [2.05, 4.69) is 14.9 Å². The van der Waals surface area contributed by atoms with E-state index in [-0.39, 0.29) is 5.91 Å². The number of hydrogen-bond acceptors (Lipinski definition) is 5. The molecule has 2 aliphatic heterocycles. The van der Waals surface area contributed by atoms with Crippen LogP contribution in [0.4, 0.5) is 0 Å². The molecule has 0 aromatic carbocycles. The van der Waals surface area contributed by atoms with Crippen molar-refractivity contribution in [2.24, 2.45) is 5.92 Å². The van der Waals surface area contributed by atoms with Gasteiger partial charge in [-0.1, -0.05) is 0 Å². The number of aromatic nitrogens is 2. The van der Waals surface area contributed by atoms with Gasteiger partial charge in [0.2, 0.25) is 0 Å². The molecule has 0 saturated carbocycles. The standard InChI is InChI=1S/C17H26N4O2/c1-13-16(14(2)19-12-18-13)17(22)21-6-3-5-20(7-8-21)10-15-4-9-23-11-15/h12,15H,3-11H2,1-2H3. The van der Waals surface area contributed by atoms with Crippen LogP contribution in [0.25, 0.3) is 0 Å². The van der Waals surface area contributed by atoms with Crippen molar-refractivity contribution in [3.8, 4) is 0 Å². The van der Waals surface area contributed by atoms with Gasteiger partial charge in [-0.2, -0.15) is 0 Å². The molecule has 0 N–H and O–H groups in total. The van der Waals surface area contributed by atoms with Crippen molar-refractivity contribution in [3.05, 3.63) is 23.3 Å². The predicted octanol–water partition coefficient (Wildman–Crippen LogP) is 1.28. The van der Waals surface area contributed by atoms with Crippen molar-refractivity contribution in [2.45, 2.75) is 26.7 Å². The molecule has 0 radical (unpaired) electrons. The molecule has 0 bridgehead atoms. The van der Waals surface area contributed by atoms with Crippen molar-refractivity contribution >= 4 is 5.91 Å². The molecule has 0 aliphatic carbocycles. The number of carbonyl (C=O) groups is 1. The minimum absolute atomic E-state index is 0.0756. The zero-order valence-electron chi connectivity index (χ0n) is 14.1. The van der Waals surface area contributed by atoms with Gasteiger partial charge < -0.3 is 14.5 Å². The third-order valence-electron chi connectivity index (χ3n) is 4.86. The second kappa shape index (κ2) is 7.36. The molecule has 1 aromatic rings. The zero-order valence-corrected chi connectivity index (χ0v) is 14.1. The maximum Gasteiger partial charge on any atom is 0.257 e. The topological polar surface area (TPSA) is 58.6 Å². The molecule has 6 heteroatoms. The van der Waals surface area contributed by atoms with E-state index in [1.165, 1.54) is 12.7 Å². The van der Waals surface area contributed by atoms with Crippen molar-refractivity contribution in [1.82, 2.24) is 19.8 Å². The Bertz CT molecular complexity index is 537. The average molecular weight is 318 g/mol. The fraction of sp³-hybridized carbons (Fsp3) is 0.706. The Hall–Kier alpha value is -1.53. The van der Waals surface area contributed by atoms with Crippen molar-refractivity contribution in [1.29, 1.82) is 0 Å². The Labute approximate surface area is 137 Å². The first-order valence-electron chi connectivity index (χ1n) is 8.52. The summed E-state index contributed by atoms with van der Waals surface area (Å²) in [6.07, 6.45) is 3.71. The summed E-state index contributed by atoms with van der Waals surface area (Å²) in [5, 5.41) is 0. The van der Waals surface area contributed by atoms with Crippen LogP contribution in [-0.2, 0) is 4.74 Å². The van der Waals surface area contributed by atoms with Crippen LogP contribution >= 0.6 is 0 Å². The van der Waals surface area contributed by atoms with Gasteiger partial charge in [-0.25, -0.2) is 9.97 Å². The van der Waals surface area contributed by atoms with Crippen LogP contribution in [0.1, 0.15) is 34.6 Å². The quantitative estimate of drug-likeness (QED) is 0.840. The Balaban J connectivity index is 1.62. The normalized spacial score (nSPS) is 23.0. The molecule has 2 saturated heterocycles. The van der Waals surface area contributed by atoms with Gasteiger partial charge in [0.15, 0.2) is 0 Å². The third kappa shape index (κ3) is 3.87. The average Bonchev–Trinajstić information content (AvgIpc) is 2.91. The van der Waals surface area contributed by atoms with Crippen LogP contribution in [0.3, 0.4) is 0 Å². The molecule has 3 heterocycles. The maximum atomic E-state index is 12.9. The van der Waals surface area contributed by atoms with Crippen LogP contribution < -0.4 is 0 Å². The number of carbonyl (C=O) groups excluding carboxylic acids is 1.